The van der Waals surface area contributed by atoms with E-state index in [0.717, 1.165) is 18.7 Å². The van der Waals surface area contributed by atoms with Crippen LogP contribution in [0.5, 0.6) is 0 Å². The highest BCUT2D eigenvalue weighted by atomic mass is 32.2. The summed E-state index contributed by atoms with van der Waals surface area (Å²) in [6, 6.07) is -0.357. The van der Waals surface area contributed by atoms with E-state index in [4.69, 9.17) is 5.11 Å². The minimum absolute atomic E-state index is 0.186. The molecule has 0 aliphatic carbocycles. The van der Waals surface area contributed by atoms with E-state index in [0.29, 0.717) is 18.9 Å². The molecule has 0 aliphatic rings. The van der Waals surface area contributed by atoms with Gasteiger partial charge < -0.3 is 15.7 Å². The zero-order chi connectivity index (χ0) is 14.0. The zero-order valence-electron chi connectivity index (χ0n) is 11.4. The minimum Gasteiger partial charge on any atom is -0.480 e. The van der Waals surface area contributed by atoms with Crippen LogP contribution in [0.4, 0.5) is 0 Å². The molecule has 0 saturated carbocycles. The molecule has 0 radical (unpaired) electrons. The Kier molecular flexibility index (Phi) is 9.77. The number of carboxylic acid groups (broad SMARTS) is 1. The predicted octanol–water partition coefficient (Wildman–Crippen LogP) is 1.09. The van der Waals surface area contributed by atoms with Crippen LogP contribution < -0.4 is 10.6 Å². The van der Waals surface area contributed by atoms with E-state index in [1.165, 1.54) is 0 Å². The van der Waals surface area contributed by atoms with Crippen LogP contribution in [-0.4, -0.2) is 47.6 Å². The fourth-order valence-corrected chi connectivity index (χ4v) is 1.87. The maximum absolute atomic E-state index is 11.6. The van der Waals surface area contributed by atoms with Crippen molar-refractivity contribution >= 4 is 23.6 Å². The van der Waals surface area contributed by atoms with Crippen molar-refractivity contribution in [1.29, 1.82) is 0 Å². The SMILES string of the molecule is CSCC[C@H](NC(=O)CCCNC(C)C)C(=O)O. The van der Waals surface area contributed by atoms with Crippen molar-refractivity contribution < 1.29 is 14.7 Å². The number of amides is 1. The van der Waals surface area contributed by atoms with Gasteiger partial charge >= 0.3 is 5.97 Å². The van der Waals surface area contributed by atoms with Gasteiger partial charge in [-0.25, -0.2) is 4.79 Å². The van der Waals surface area contributed by atoms with Gasteiger partial charge in [0.25, 0.3) is 0 Å². The van der Waals surface area contributed by atoms with Crippen molar-refractivity contribution in [3.8, 4) is 0 Å². The third kappa shape index (κ3) is 9.30. The second-order valence-corrected chi connectivity index (χ2v) is 5.44. The molecule has 3 N–H and O–H groups in total. The summed E-state index contributed by atoms with van der Waals surface area (Å²) in [5, 5.41) is 14.7. The first-order chi connectivity index (χ1) is 8.47. The molecule has 6 heteroatoms. The lowest BCUT2D eigenvalue weighted by atomic mass is 10.2. The molecule has 0 unspecified atom stereocenters. The van der Waals surface area contributed by atoms with Gasteiger partial charge in [-0.05, 0) is 31.4 Å². The normalized spacial score (nSPS) is 12.4. The van der Waals surface area contributed by atoms with Crippen molar-refractivity contribution in [3.63, 3.8) is 0 Å². The molecule has 0 spiro atoms. The molecular formula is C12H24N2O3S. The zero-order valence-corrected chi connectivity index (χ0v) is 12.2. The van der Waals surface area contributed by atoms with Crippen LogP contribution in [0.3, 0.4) is 0 Å². The average Bonchev–Trinajstić information content (AvgIpc) is 2.29. The molecule has 0 rings (SSSR count). The van der Waals surface area contributed by atoms with E-state index in [9.17, 15) is 9.59 Å². The third-order valence-corrected chi connectivity index (χ3v) is 3.02. The van der Waals surface area contributed by atoms with Crippen LogP contribution in [0.2, 0.25) is 0 Å². The molecule has 0 bridgehead atoms. The first-order valence-electron chi connectivity index (χ1n) is 6.21. The third-order valence-electron chi connectivity index (χ3n) is 2.38. The molecule has 0 aromatic heterocycles. The van der Waals surface area contributed by atoms with E-state index >= 15 is 0 Å². The fraction of sp³-hybridized carbons (Fsp3) is 0.833. The number of aliphatic carboxylic acids is 1. The highest BCUT2D eigenvalue weighted by Crippen LogP contribution is 2.02. The van der Waals surface area contributed by atoms with E-state index in [2.05, 4.69) is 10.6 Å². The maximum atomic E-state index is 11.6. The number of carbonyl (C=O) groups excluding carboxylic acids is 1. The summed E-state index contributed by atoms with van der Waals surface area (Å²) in [7, 11) is 0. The van der Waals surface area contributed by atoms with Crippen molar-refractivity contribution in [2.24, 2.45) is 0 Å². The number of nitrogens with one attached hydrogen (secondary N) is 2. The van der Waals surface area contributed by atoms with Crippen LogP contribution in [-0.2, 0) is 9.59 Å². The summed E-state index contributed by atoms with van der Waals surface area (Å²) in [6.07, 6.45) is 3.46. The molecule has 0 fully saturated rings. The van der Waals surface area contributed by atoms with Crippen LogP contribution in [0, 0.1) is 0 Å². The molecule has 0 aliphatic heterocycles. The largest absolute Gasteiger partial charge is 0.480 e. The Hall–Kier alpha value is -0.750. The van der Waals surface area contributed by atoms with Crippen molar-refractivity contribution in [3.05, 3.63) is 0 Å². The summed E-state index contributed by atoms with van der Waals surface area (Å²) >= 11 is 1.57. The number of hydrogen-bond acceptors (Lipinski definition) is 4. The standard InChI is InChI=1S/C12H24N2O3S/c1-9(2)13-7-4-5-11(15)14-10(12(16)17)6-8-18-3/h9-10,13H,4-8H2,1-3H3,(H,14,15)(H,16,17)/t10-/m0/s1. The molecule has 5 nitrogen and oxygen atoms in total. The van der Waals surface area contributed by atoms with Crippen molar-refractivity contribution in [2.75, 3.05) is 18.6 Å². The molecule has 0 aromatic carbocycles. The Morgan fingerprint density at radius 1 is 1.33 bits per heavy atom. The molecule has 1 amide bonds. The highest BCUT2D eigenvalue weighted by Gasteiger charge is 2.18. The van der Waals surface area contributed by atoms with Crippen LogP contribution in [0.1, 0.15) is 33.1 Å². The molecule has 0 aromatic rings. The average molecular weight is 276 g/mol. The molecule has 0 saturated heterocycles. The number of hydrogen-bond donors (Lipinski definition) is 3. The van der Waals surface area contributed by atoms with Crippen LogP contribution in [0.15, 0.2) is 0 Å². The lowest BCUT2D eigenvalue weighted by Crippen LogP contribution is -2.41. The molecule has 106 valence electrons. The topological polar surface area (TPSA) is 78.4 Å². The van der Waals surface area contributed by atoms with E-state index in [-0.39, 0.29) is 5.91 Å². The summed E-state index contributed by atoms with van der Waals surface area (Å²) < 4.78 is 0. The highest BCUT2D eigenvalue weighted by molar-refractivity contribution is 7.98. The Labute approximate surface area is 113 Å². The van der Waals surface area contributed by atoms with Gasteiger partial charge in [-0.1, -0.05) is 13.8 Å². The number of carbonyl (C=O) groups is 2. The molecule has 0 heterocycles. The summed E-state index contributed by atoms with van der Waals surface area (Å²) in [6.45, 7) is 4.86. The van der Waals surface area contributed by atoms with Gasteiger partial charge in [-0.15, -0.1) is 0 Å². The molecule has 18 heavy (non-hydrogen) atoms. The lowest BCUT2D eigenvalue weighted by Gasteiger charge is -2.14. The van der Waals surface area contributed by atoms with Crippen LogP contribution in [0.25, 0.3) is 0 Å². The maximum Gasteiger partial charge on any atom is 0.326 e. The Morgan fingerprint density at radius 3 is 2.50 bits per heavy atom. The van der Waals surface area contributed by atoms with E-state index in [1.807, 2.05) is 20.1 Å². The summed E-state index contributed by atoms with van der Waals surface area (Å²) in [5.74, 6) is -0.418. The van der Waals surface area contributed by atoms with Gasteiger partial charge in [0, 0.05) is 12.5 Å². The first-order valence-corrected chi connectivity index (χ1v) is 7.61. The predicted molar refractivity (Wildman–Crippen MR) is 74.9 cm³/mol. The van der Waals surface area contributed by atoms with Gasteiger partial charge in [-0.3, -0.25) is 4.79 Å². The minimum atomic E-state index is -0.960. The molecule has 1 atom stereocenters. The van der Waals surface area contributed by atoms with Gasteiger partial charge in [0.15, 0.2) is 0 Å². The second kappa shape index (κ2) is 10.2. The second-order valence-electron chi connectivity index (χ2n) is 4.45. The van der Waals surface area contributed by atoms with Gasteiger partial charge in [0.1, 0.15) is 6.04 Å². The Bertz CT molecular complexity index is 260. The van der Waals surface area contributed by atoms with Crippen LogP contribution >= 0.6 is 11.8 Å². The first kappa shape index (κ1) is 17.2. The number of thioether (sulfide) groups is 1. The van der Waals surface area contributed by atoms with Gasteiger partial charge in [0.2, 0.25) is 5.91 Å². The Balaban J connectivity index is 3.84. The van der Waals surface area contributed by atoms with Crippen molar-refractivity contribution in [1.82, 2.24) is 10.6 Å². The smallest absolute Gasteiger partial charge is 0.326 e. The lowest BCUT2D eigenvalue weighted by molar-refractivity contribution is -0.141. The molecular weight excluding hydrogens is 252 g/mol. The van der Waals surface area contributed by atoms with Gasteiger partial charge in [-0.2, -0.15) is 11.8 Å². The Morgan fingerprint density at radius 2 is 2.00 bits per heavy atom. The fourth-order valence-electron chi connectivity index (χ4n) is 1.40. The number of rotatable bonds is 10. The quantitative estimate of drug-likeness (QED) is 0.521. The van der Waals surface area contributed by atoms with E-state index in [1.54, 1.807) is 11.8 Å². The van der Waals surface area contributed by atoms with E-state index < -0.39 is 12.0 Å². The monoisotopic (exact) mass is 276 g/mol. The number of carboxylic acids is 1. The van der Waals surface area contributed by atoms with Crippen molar-refractivity contribution in [2.45, 2.75) is 45.2 Å². The van der Waals surface area contributed by atoms with Gasteiger partial charge in [0.05, 0.1) is 0 Å². The summed E-state index contributed by atoms with van der Waals surface area (Å²) in [4.78, 5) is 22.5. The summed E-state index contributed by atoms with van der Waals surface area (Å²) in [5.41, 5.74) is 0.